The van der Waals surface area contributed by atoms with E-state index in [0.29, 0.717) is 0 Å². The normalized spacial score (nSPS) is 22.6. The second-order valence-electron chi connectivity index (χ2n) is 10.7. The molecule has 1 aromatic rings. The Hall–Kier alpha value is -1.94. The van der Waals surface area contributed by atoms with E-state index in [1.807, 2.05) is 26.1 Å². The predicted octanol–water partition coefficient (Wildman–Crippen LogP) is 10.1. The van der Waals surface area contributed by atoms with Crippen molar-refractivity contribution in [2.24, 2.45) is 22.7 Å². The summed E-state index contributed by atoms with van der Waals surface area (Å²) < 4.78 is 2.31. The zero-order chi connectivity index (χ0) is 27.9. The van der Waals surface area contributed by atoms with Crippen LogP contribution >= 0.6 is 11.9 Å². The maximum Gasteiger partial charge on any atom is 0.0684 e. The lowest BCUT2D eigenvalue weighted by Crippen LogP contribution is -2.15. The average Bonchev–Trinajstić information content (AvgIpc) is 3.21. The maximum absolute atomic E-state index is 4.54. The topological polar surface area (TPSA) is 29.3 Å². The van der Waals surface area contributed by atoms with Crippen molar-refractivity contribution in [2.45, 2.75) is 105 Å². The summed E-state index contributed by atoms with van der Waals surface area (Å²) in [5, 5.41) is 3.45. The van der Waals surface area contributed by atoms with Crippen LogP contribution in [0.5, 0.6) is 0 Å². The second-order valence-corrected chi connectivity index (χ2v) is 11.4. The summed E-state index contributed by atoms with van der Waals surface area (Å²) >= 11 is 1.75. The first-order chi connectivity index (χ1) is 18.5. The third-order valence-corrected chi connectivity index (χ3v) is 8.83. The molecule has 2 fully saturated rings. The minimum Gasteiger partial charge on any atom is -0.388 e. The number of hydrogen-bond acceptors (Lipinski definition) is 3. The standard InChI is InChI=1S/C19H27N3S.C13H22.C2H6/c1-6-8-15(3)20-12-10-17(18-9-7-11-21-18)19-14(2)13-16(4)22(19)23-5;1-2-3-8-11-12-9-6-4-5-7-10-13(11)12;1-2/h7,9,11,13,20H,3,6,8,10,12H2,1-2,4-5H3;2,11-13H,1,3-10H2;1-2H3/b18-17-;;. The van der Waals surface area contributed by atoms with E-state index >= 15 is 0 Å². The summed E-state index contributed by atoms with van der Waals surface area (Å²) in [6.45, 7) is 19.3. The third kappa shape index (κ3) is 9.36. The third-order valence-electron chi connectivity index (χ3n) is 7.99. The molecule has 4 rings (SSSR count). The highest BCUT2D eigenvalue weighted by atomic mass is 32.2. The van der Waals surface area contributed by atoms with Gasteiger partial charge < -0.3 is 5.32 Å². The van der Waals surface area contributed by atoms with Crippen LogP contribution in [0.4, 0.5) is 0 Å². The molecular formula is C34H55N3S. The molecule has 1 N–H and O–H groups in total. The van der Waals surface area contributed by atoms with E-state index in [0.717, 1.165) is 55.0 Å². The molecule has 0 spiro atoms. The van der Waals surface area contributed by atoms with Gasteiger partial charge >= 0.3 is 0 Å². The quantitative estimate of drug-likeness (QED) is 0.285. The molecule has 2 saturated carbocycles. The van der Waals surface area contributed by atoms with Gasteiger partial charge in [0.1, 0.15) is 0 Å². The minimum atomic E-state index is 0.888. The van der Waals surface area contributed by atoms with Gasteiger partial charge in [-0.05, 0) is 106 Å². The molecule has 0 bridgehead atoms. The Kier molecular flexibility index (Phi) is 15.0. The van der Waals surface area contributed by atoms with E-state index < -0.39 is 0 Å². The monoisotopic (exact) mass is 537 g/mol. The van der Waals surface area contributed by atoms with Gasteiger partial charge in [0.2, 0.25) is 0 Å². The van der Waals surface area contributed by atoms with Crippen LogP contribution in [0.2, 0.25) is 0 Å². The Morgan fingerprint density at radius 2 is 1.82 bits per heavy atom. The van der Waals surface area contributed by atoms with E-state index in [1.165, 1.54) is 73.9 Å². The summed E-state index contributed by atoms with van der Waals surface area (Å²) in [6.07, 6.45) is 25.0. The predicted molar refractivity (Wildman–Crippen MR) is 173 cm³/mol. The number of aromatic nitrogens is 1. The molecule has 2 atom stereocenters. The first kappa shape index (κ1) is 32.3. The van der Waals surface area contributed by atoms with Crippen molar-refractivity contribution in [3.05, 3.63) is 65.8 Å². The van der Waals surface area contributed by atoms with Gasteiger partial charge in [-0.1, -0.05) is 65.5 Å². The fourth-order valence-corrected chi connectivity index (χ4v) is 6.98. The molecule has 0 amide bonds. The number of aryl methyl sites for hydroxylation is 2. The fourth-order valence-electron chi connectivity index (χ4n) is 6.21. The van der Waals surface area contributed by atoms with Crippen LogP contribution < -0.4 is 5.32 Å². The van der Waals surface area contributed by atoms with Crippen molar-refractivity contribution >= 4 is 23.7 Å². The molecule has 2 unspecified atom stereocenters. The lowest BCUT2D eigenvalue weighted by atomic mass is 10.0. The van der Waals surface area contributed by atoms with Crippen molar-refractivity contribution in [3.63, 3.8) is 0 Å². The number of hydrogen-bond donors (Lipinski definition) is 1. The highest BCUT2D eigenvalue weighted by Gasteiger charge is 2.47. The highest BCUT2D eigenvalue weighted by molar-refractivity contribution is 7.97. The summed E-state index contributed by atoms with van der Waals surface area (Å²) in [5.74, 6) is 3.34. The highest BCUT2D eigenvalue weighted by Crippen LogP contribution is 2.55. The molecule has 0 radical (unpaired) electrons. The Morgan fingerprint density at radius 3 is 2.37 bits per heavy atom. The number of nitrogens with one attached hydrogen (secondary N) is 1. The minimum absolute atomic E-state index is 0.888. The van der Waals surface area contributed by atoms with Crippen LogP contribution in [0.3, 0.4) is 0 Å². The lowest BCUT2D eigenvalue weighted by molar-refractivity contribution is 0.485. The molecule has 212 valence electrons. The summed E-state index contributed by atoms with van der Waals surface area (Å²) in [5.41, 5.74) is 7.36. The Morgan fingerprint density at radius 1 is 1.13 bits per heavy atom. The van der Waals surface area contributed by atoms with E-state index in [4.69, 9.17) is 0 Å². The number of fused-ring (bicyclic) bond motifs is 1. The van der Waals surface area contributed by atoms with Crippen LogP contribution in [-0.4, -0.2) is 23.0 Å². The van der Waals surface area contributed by atoms with Crippen molar-refractivity contribution in [2.75, 3.05) is 12.8 Å². The fraction of sp³-hybridized carbons (Fsp3) is 0.618. The Bertz CT molecular complexity index is 937. The van der Waals surface area contributed by atoms with Gasteiger partial charge in [-0.3, -0.25) is 8.96 Å². The van der Waals surface area contributed by atoms with Gasteiger partial charge in [-0.2, -0.15) is 0 Å². The smallest absolute Gasteiger partial charge is 0.0684 e. The van der Waals surface area contributed by atoms with Gasteiger partial charge in [0, 0.05) is 36.0 Å². The molecule has 0 aromatic carbocycles. The molecule has 1 aromatic heterocycles. The summed E-state index contributed by atoms with van der Waals surface area (Å²) in [4.78, 5) is 4.54. The molecule has 3 aliphatic rings. The summed E-state index contributed by atoms with van der Waals surface area (Å²) in [7, 11) is 0. The van der Waals surface area contributed by atoms with Crippen LogP contribution in [0.15, 0.2) is 53.8 Å². The number of aliphatic imine (C=N–C) groups is 1. The number of rotatable bonds is 11. The molecule has 1 aliphatic heterocycles. The van der Waals surface area contributed by atoms with Crippen molar-refractivity contribution in [1.29, 1.82) is 0 Å². The first-order valence-electron chi connectivity index (χ1n) is 15.2. The van der Waals surface area contributed by atoms with Crippen LogP contribution in [-0.2, 0) is 0 Å². The largest absolute Gasteiger partial charge is 0.388 e. The lowest BCUT2D eigenvalue weighted by Gasteiger charge is -2.16. The van der Waals surface area contributed by atoms with Gasteiger partial charge in [-0.15, -0.1) is 6.58 Å². The van der Waals surface area contributed by atoms with Gasteiger partial charge in [0.05, 0.1) is 11.4 Å². The van der Waals surface area contributed by atoms with Crippen molar-refractivity contribution in [1.82, 2.24) is 9.29 Å². The maximum atomic E-state index is 4.54. The van der Waals surface area contributed by atoms with E-state index in [9.17, 15) is 0 Å². The molecule has 0 saturated heterocycles. The van der Waals surface area contributed by atoms with E-state index in [2.05, 4.69) is 72.7 Å². The molecule has 2 aliphatic carbocycles. The van der Waals surface area contributed by atoms with Crippen LogP contribution in [0.1, 0.15) is 108 Å². The first-order valence-corrected chi connectivity index (χ1v) is 16.4. The van der Waals surface area contributed by atoms with E-state index in [1.54, 1.807) is 11.9 Å². The van der Waals surface area contributed by atoms with Gasteiger partial charge in [0.25, 0.3) is 0 Å². The number of allylic oxidation sites excluding steroid dienone is 4. The van der Waals surface area contributed by atoms with Crippen molar-refractivity contribution in [3.8, 4) is 0 Å². The van der Waals surface area contributed by atoms with E-state index in [-0.39, 0.29) is 0 Å². The second kappa shape index (κ2) is 17.6. The Labute approximate surface area is 239 Å². The van der Waals surface area contributed by atoms with Gasteiger partial charge in [-0.25, -0.2) is 0 Å². The molecule has 38 heavy (non-hydrogen) atoms. The average molecular weight is 538 g/mol. The molecular weight excluding hydrogens is 482 g/mol. The van der Waals surface area contributed by atoms with Crippen LogP contribution in [0.25, 0.3) is 5.57 Å². The molecule has 2 heterocycles. The van der Waals surface area contributed by atoms with Crippen molar-refractivity contribution < 1.29 is 0 Å². The SMILES string of the molecule is C=C(CCC)NCC/C(=C1\C=CC=N1)c1c(C)cc(C)n1SC.C=CCCC1C2CCCCCCC12.CC. The zero-order valence-corrected chi connectivity index (χ0v) is 26.1. The Balaban J connectivity index is 0.000000284. The van der Waals surface area contributed by atoms with Gasteiger partial charge in [0.15, 0.2) is 0 Å². The zero-order valence-electron chi connectivity index (χ0n) is 25.3. The summed E-state index contributed by atoms with van der Waals surface area (Å²) in [6, 6.07) is 2.25. The number of nitrogens with zero attached hydrogens (tertiary/aromatic N) is 2. The molecule has 3 nitrogen and oxygen atoms in total. The molecule has 4 heteroatoms. The van der Waals surface area contributed by atoms with Crippen LogP contribution in [0, 0.1) is 31.6 Å².